The largest absolute Gasteiger partial charge is 0.316 e. The van der Waals surface area contributed by atoms with E-state index < -0.39 is 9.84 Å². The van der Waals surface area contributed by atoms with Gasteiger partial charge in [0, 0.05) is 19.7 Å². The van der Waals surface area contributed by atoms with E-state index in [4.69, 9.17) is 0 Å². The maximum absolute atomic E-state index is 11.4. The Bertz CT molecular complexity index is 690. The maximum Gasteiger partial charge on any atom is 0.159 e. The quantitative estimate of drug-likeness (QED) is 0.811. The maximum atomic E-state index is 11.4. The van der Waals surface area contributed by atoms with Crippen LogP contribution in [0.4, 0.5) is 0 Å². The van der Waals surface area contributed by atoms with E-state index in [0.29, 0.717) is 17.9 Å². The van der Waals surface area contributed by atoms with Gasteiger partial charge >= 0.3 is 0 Å². The number of fused-ring (bicyclic) bond motifs is 1. The van der Waals surface area contributed by atoms with Crippen molar-refractivity contribution in [2.24, 2.45) is 13.0 Å². The molecule has 3 rings (SSSR count). The van der Waals surface area contributed by atoms with Gasteiger partial charge in [-0.1, -0.05) is 0 Å². The Kier molecular flexibility index (Phi) is 2.62. The standard InChI is InChI=1S/C12H15N3O2S/c1-15-11(7-9-4-6-18(16,17)8-9)14-10-3-2-5-13-12(10)15/h2-3,5,9H,4,6-8H2,1H3. The van der Waals surface area contributed by atoms with Gasteiger partial charge in [0.05, 0.1) is 11.5 Å². The number of imidazole rings is 1. The first kappa shape index (κ1) is 11.6. The van der Waals surface area contributed by atoms with Crippen molar-refractivity contribution in [1.82, 2.24) is 14.5 Å². The van der Waals surface area contributed by atoms with E-state index in [2.05, 4.69) is 9.97 Å². The van der Waals surface area contributed by atoms with Gasteiger partial charge in [-0.25, -0.2) is 18.4 Å². The second kappa shape index (κ2) is 4.05. The van der Waals surface area contributed by atoms with Gasteiger partial charge < -0.3 is 4.57 Å². The molecule has 0 radical (unpaired) electrons. The number of aromatic nitrogens is 3. The van der Waals surface area contributed by atoms with Crippen LogP contribution in [-0.2, 0) is 23.3 Å². The Balaban J connectivity index is 1.89. The number of hydrogen-bond acceptors (Lipinski definition) is 4. The van der Waals surface area contributed by atoms with E-state index in [1.54, 1.807) is 6.20 Å². The molecule has 3 heterocycles. The smallest absolute Gasteiger partial charge is 0.159 e. The average Bonchev–Trinajstić information content (AvgIpc) is 2.82. The third kappa shape index (κ3) is 2.01. The van der Waals surface area contributed by atoms with Crippen molar-refractivity contribution in [3.8, 4) is 0 Å². The van der Waals surface area contributed by atoms with Crippen LogP contribution >= 0.6 is 0 Å². The summed E-state index contributed by atoms with van der Waals surface area (Å²) in [5, 5.41) is 0. The molecular formula is C12H15N3O2S. The molecule has 0 N–H and O–H groups in total. The second-order valence-corrected chi connectivity index (χ2v) is 7.14. The highest BCUT2D eigenvalue weighted by molar-refractivity contribution is 7.91. The third-order valence-electron chi connectivity index (χ3n) is 3.52. The molecule has 0 amide bonds. The predicted octanol–water partition coefficient (Wildman–Crippen LogP) is 0.945. The van der Waals surface area contributed by atoms with E-state index >= 15 is 0 Å². The van der Waals surface area contributed by atoms with Gasteiger partial charge in [0.2, 0.25) is 0 Å². The van der Waals surface area contributed by atoms with Crippen LogP contribution in [0, 0.1) is 5.92 Å². The first-order valence-electron chi connectivity index (χ1n) is 6.02. The van der Waals surface area contributed by atoms with Crippen molar-refractivity contribution < 1.29 is 8.42 Å². The van der Waals surface area contributed by atoms with Crippen LogP contribution in [0.3, 0.4) is 0 Å². The average molecular weight is 265 g/mol. The van der Waals surface area contributed by atoms with Gasteiger partial charge in [-0.3, -0.25) is 0 Å². The van der Waals surface area contributed by atoms with Crippen molar-refractivity contribution in [2.45, 2.75) is 12.8 Å². The van der Waals surface area contributed by atoms with Crippen LogP contribution in [0.1, 0.15) is 12.2 Å². The molecule has 5 nitrogen and oxygen atoms in total. The fraction of sp³-hybridized carbons (Fsp3) is 0.500. The summed E-state index contributed by atoms with van der Waals surface area (Å²) in [6, 6.07) is 3.79. The normalized spacial score (nSPS) is 22.6. The molecule has 0 spiro atoms. The molecule has 0 saturated carbocycles. The van der Waals surface area contributed by atoms with E-state index in [1.165, 1.54) is 0 Å². The molecule has 1 aliphatic heterocycles. The lowest BCUT2D eigenvalue weighted by Gasteiger charge is -2.06. The number of rotatable bonds is 2. The first-order valence-corrected chi connectivity index (χ1v) is 7.84. The lowest BCUT2D eigenvalue weighted by atomic mass is 10.1. The van der Waals surface area contributed by atoms with Gasteiger partial charge in [0.1, 0.15) is 11.3 Å². The van der Waals surface area contributed by atoms with E-state index in [0.717, 1.165) is 23.4 Å². The summed E-state index contributed by atoms with van der Waals surface area (Å²) < 4.78 is 24.9. The summed E-state index contributed by atoms with van der Waals surface area (Å²) in [5.74, 6) is 1.74. The minimum Gasteiger partial charge on any atom is -0.316 e. The number of pyridine rings is 1. The molecule has 0 aromatic carbocycles. The zero-order valence-electron chi connectivity index (χ0n) is 10.2. The SMILES string of the molecule is Cn1c(CC2CCS(=O)(=O)C2)nc2cccnc21. The molecule has 1 fully saturated rings. The summed E-state index contributed by atoms with van der Waals surface area (Å²) in [4.78, 5) is 8.82. The van der Waals surface area contributed by atoms with E-state index in [1.807, 2.05) is 23.7 Å². The molecule has 6 heteroatoms. The molecule has 18 heavy (non-hydrogen) atoms. The molecule has 0 aliphatic carbocycles. The Morgan fingerprint density at radius 1 is 1.50 bits per heavy atom. The monoisotopic (exact) mass is 265 g/mol. The molecule has 1 unspecified atom stereocenters. The van der Waals surface area contributed by atoms with Crippen molar-refractivity contribution in [3.05, 3.63) is 24.2 Å². The topological polar surface area (TPSA) is 64.8 Å². The molecular weight excluding hydrogens is 250 g/mol. The summed E-state index contributed by atoms with van der Waals surface area (Å²) >= 11 is 0. The minimum atomic E-state index is -2.81. The molecule has 2 aromatic rings. The van der Waals surface area contributed by atoms with Crippen molar-refractivity contribution in [2.75, 3.05) is 11.5 Å². The lowest BCUT2D eigenvalue weighted by molar-refractivity contribution is 0.559. The molecule has 0 bridgehead atoms. The Labute approximate surface area is 106 Å². The predicted molar refractivity (Wildman–Crippen MR) is 69.0 cm³/mol. The zero-order chi connectivity index (χ0) is 12.8. The highest BCUT2D eigenvalue weighted by atomic mass is 32.2. The van der Waals surface area contributed by atoms with Gasteiger partial charge in [-0.2, -0.15) is 0 Å². The molecule has 1 aliphatic rings. The van der Waals surface area contributed by atoms with Crippen LogP contribution in [0.5, 0.6) is 0 Å². The van der Waals surface area contributed by atoms with Gasteiger partial charge in [0.15, 0.2) is 15.5 Å². The van der Waals surface area contributed by atoms with Crippen LogP contribution in [0.25, 0.3) is 11.2 Å². The van der Waals surface area contributed by atoms with Crippen LogP contribution in [-0.4, -0.2) is 34.5 Å². The first-order chi connectivity index (χ1) is 8.55. The summed E-state index contributed by atoms with van der Waals surface area (Å²) in [5.41, 5.74) is 1.73. The minimum absolute atomic E-state index is 0.200. The molecule has 96 valence electrons. The molecule has 2 aromatic heterocycles. The number of aryl methyl sites for hydroxylation is 1. The van der Waals surface area contributed by atoms with Gasteiger partial charge in [-0.15, -0.1) is 0 Å². The number of hydrogen-bond donors (Lipinski definition) is 0. The van der Waals surface area contributed by atoms with Crippen molar-refractivity contribution in [3.63, 3.8) is 0 Å². The number of sulfone groups is 1. The summed E-state index contributed by atoms with van der Waals surface area (Å²) in [6.45, 7) is 0. The van der Waals surface area contributed by atoms with Crippen LogP contribution in [0.15, 0.2) is 18.3 Å². The molecule has 1 atom stereocenters. The highest BCUT2D eigenvalue weighted by Gasteiger charge is 2.29. The van der Waals surface area contributed by atoms with Crippen molar-refractivity contribution >= 4 is 21.0 Å². The van der Waals surface area contributed by atoms with Gasteiger partial charge in [-0.05, 0) is 24.5 Å². The fourth-order valence-corrected chi connectivity index (χ4v) is 4.41. The Morgan fingerprint density at radius 3 is 3.00 bits per heavy atom. The second-order valence-electron chi connectivity index (χ2n) is 4.91. The third-order valence-corrected chi connectivity index (χ3v) is 5.36. The Hall–Kier alpha value is -1.43. The lowest BCUT2D eigenvalue weighted by Crippen LogP contribution is -2.10. The fourth-order valence-electron chi connectivity index (χ4n) is 2.54. The highest BCUT2D eigenvalue weighted by Crippen LogP contribution is 2.23. The summed E-state index contributed by atoms with van der Waals surface area (Å²) in [6.07, 6.45) is 3.21. The Morgan fingerprint density at radius 2 is 2.33 bits per heavy atom. The van der Waals surface area contributed by atoms with Gasteiger partial charge in [0.25, 0.3) is 0 Å². The zero-order valence-corrected chi connectivity index (χ0v) is 11.0. The molecule has 1 saturated heterocycles. The van der Waals surface area contributed by atoms with Crippen molar-refractivity contribution in [1.29, 1.82) is 0 Å². The van der Waals surface area contributed by atoms with Crippen LogP contribution in [0.2, 0.25) is 0 Å². The van der Waals surface area contributed by atoms with Crippen LogP contribution < -0.4 is 0 Å². The van der Waals surface area contributed by atoms with E-state index in [-0.39, 0.29) is 5.92 Å². The van der Waals surface area contributed by atoms with E-state index in [9.17, 15) is 8.42 Å². The summed E-state index contributed by atoms with van der Waals surface area (Å²) in [7, 11) is -0.879. The number of nitrogens with zero attached hydrogens (tertiary/aromatic N) is 3.